The molecule has 0 radical (unpaired) electrons. The molecule has 106 valence electrons. The van der Waals surface area contributed by atoms with Gasteiger partial charge >= 0.3 is 6.18 Å². The van der Waals surface area contributed by atoms with E-state index >= 15 is 0 Å². The van der Waals surface area contributed by atoms with E-state index in [-0.39, 0.29) is 11.5 Å². The van der Waals surface area contributed by atoms with Crippen LogP contribution in [0, 0.1) is 5.41 Å². The second-order valence-electron chi connectivity index (χ2n) is 5.81. The average molecular weight is 271 g/mol. The van der Waals surface area contributed by atoms with Crippen molar-refractivity contribution in [2.75, 3.05) is 0 Å². The summed E-state index contributed by atoms with van der Waals surface area (Å²) in [7, 11) is 0. The molecule has 1 aliphatic rings. The molecule has 0 spiro atoms. The molecule has 2 N–H and O–H groups in total. The highest BCUT2D eigenvalue weighted by molar-refractivity contribution is 5.27. The SMILES string of the molecule is CC1(C(N)c2ccc(C(F)(F)F)cc2)CCCCC1. The van der Waals surface area contributed by atoms with Crippen molar-refractivity contribution in [1.82, 2.24) is 0 Å². The number of rotatable bonds is 2. The standard InChI is InChI=1S/C15H20F3N/c1-14(9-3-2-4-10-14)13(19)11-5-7-12(8-6-11)15(16,17)18/h5-8,13H,2-4,9-10,19H2,1H3. The summed E-state index contributed by atoms with van der Waals surface area (Å²) in [5.74, 6) is 0. The summed E-state index contributed by atoms with van der Waals surface area (Å²) in [5.41, 5.74) is 6.48. The Hall–Kier alpha value is -1.03. The number of alkyl halides is 3. The van der Waals surface area contributed by atoms with Crippen LogP contribution in [0.15, 0.2) is 24.3 Å². The summed E-state index contributed by atoms with van der Waals surface area (Å²) in [6.07, 6.45) is 1.37. The van der Waals surface area contributed by atoms with Crippen LogP contribution in [0.2, 0.25) is 0 Å². The zero-order valence-electron chi connectivity index (χ0n) is 11.1. The predicted octanol–water partition coefficient (Wildman–Crippen LogP) is 4.68. The first-order chi connectivity index (χ1) is 8.83. The topological polar surface area (TPSA) is 26.0 Å². The highest BCUT2D eigenvalue weighted by atomic mass is 19.4. The summed E-state index contributed by atoms with van der Waals surface area (Å²) < 4.78 is 37.6. The maximum absolute atomic E-state index is 12.5. The van der Waals surface area contributed by atoms with Crippen molar-refractivity contribution in [2.24, 2.45) is 11.1 Å². The molecule has 2 rings (SSSR count). The van der Waals surface area contributed by atoms with Crippen LogP contribution in [-0.2, 0) is 6.18 Å². The molecule has 0 aliphatic heterocycles. The smallest absolute Gasteiger partial charge is 0.323 e. The van der Waals surface area contributed by atoms with E-state index in [0.717, 1.165) is 43.4 Å². The molecule has 0 saturated heterocycles. The first-order valence-corrected chi connectivity index (χ1v) is 6.76. The first kappa shape index (κ1) is 14.4. The monoisotopic (exact) mass is 271 g/mol. The second-order valence-corrected chi connectivity index (χ2v) is 5.81. The number of hydrogen-bond donors (Lipinski definition) is 1. The van der Waals surface area contributed by atoms with Gasteiger partial charge in [0, 0.05) is 6.04 Å². The molecule has 1 nitrogen and oxygen atoms in total. The van der Waals surface area contributed by atoms with E-state index in [9.17, 15) is 13.2 Å². The Morgan fingerprint density at radius 2 is 1.58 bits per heavy atom. The molecule has 4 heteroatoms. The molecule has 0 heterocycles. The fourth-order valence-corrected chi connectivity index (χ4v) is 2.95. The number of halogens is 3. The van der Waals surface area contributed by atoms with Crippen molar-refractivity contribution >= 4 is 0 Å². The molecule has 1 aromatic rings. The van der Waals surface area contributed by atoms with Gasteiger partial charge in [-0.3, -0.25) is 0 Å². The molecule has 1 atom stereocenters. The van der Waals surface area contributed by atoms with Crippen LogP contribution >= 0.6 is 0 Å². The number of nitrogens with two attached hydrogens (primary N) is 1. The van der Waals surface area contributed by atoms with Crippen molar-refractivity contribution in [3.05, 3.63) is 35.4 Å². The third-order valence-electron chi connectivity index (χ3n) is 4.34. The summed E-state index contributed by atoms with van der Waals surface area (Å²) in [6, 6.07) is 5.11. The molecule has 0 amide bonds. The van der Waals surface area contributed by atoms with Crippen LogP contribution in [0.4, 0.5) is 13.2 Å². The molecule has 19 heavy (non-hydrogen) atoms. The van der Waals surface area contributed by atoms with Gasteiger partial charge in [-0.2, -0.15) is 13.2 Å². The summed E-state index contributed by atoms with van der Waals surface area (Å²) in [6.45, 7) is 2.15. The van der Waals surface area contributed by atoms with Crippen LogP contribution in [0.3, 0.4) is 0 Å². The Bertz CT molecular complexity index is 416. The van der Waals surface area contributed by atoms with Crippen LogP contribution in [0.25, 0.3) is 0 Å². The van der Waals surface area contributed by atoms with Crippen molar-refractivity contribution in [3.8, 4) is 0 Å². The summed E-state index contributed by atoms with van der Waals surface area (Å²) in [4.78, 5) is 0. The van der Waals surface area contributed by atoms with Gasteiger partial charge in [-0.25, -0.2) is 0 Å². The van der Waals surface area contributed by atoms with Crippen LogP contribution < -0.4 is 5.73 Å². The van der Waals surface area contributed by atoms with Gasteiger partial charge in [-0.05, 0) is 36.0 Å². The van der Waals surface area contributed by atoms with Crippen molar-refractivity contribution < 1.29 is 13.2 Å². The Labute approximate surface area is 112 Å². The average Bonchev–Trinajstić information content (AvgIpc) is 2.38. The summed E-state index contributed by atoms with van der Waals surface area (Å²) >= 11 is 0. The lowest BCUT2D eigenvalue weighted by Crippen LogP contribution is -2.33. The highest BCUT2D eigenvalue weighted by Crippen LogP contribution is 2.44. The quantitative estimate of drug-likeness (QED) is 0.830. The molecule has 0 aromatic heterocycles. The molecule has 1 aliphatic carbocycles. The van der Waals surface area contributed by atoms with Crippen LogP contribution in [-0.4, -0.2) is 0 Å². The Morgan fingerprint density at radius 3 is 2.05 bits per heavy atom. The van der Waals surface area contributed by atoms with Gasteiger partial charge in [-0.15, -0.1) is 0 Å². The van der Waals surface area contributed by atoms with Gasteiger partial charge in [0.2, 0.25) is 0 Å². The lowest BCUT2D eigenvalue weighted by molar-refractivity contribution is -0.137. The Balaban J connectivity index is 2.17. The molecule has 1 unspecified atom stereocenters. The molecular formula is C15H20F3N. The largest absolute Gasteiger partial charge is 0.416 e. The molecular weight excluding hydrogens is 251 g/mol. The fraction of sp³-hybridized carbons (Fsp3) is 0.600. The highest BCUT2D eigenvalue weighted by Gasteiger charge is 2.35. The fourth-order valence-electron chi connectivity index (χ4n) is 2.95. The van der Waals surface area contributed by atoms with Gasteiger partial charge in [0.15, 0.2) is 0 Å². The van der Waals surface area contributed by atoms with E-state index in [4.69, 9.17) is 5.73 Å². The third kappa shape index (κ3) is 3.11. The number of hydrogen-bond acceptors (Lipinski definition) is 1. The van der Waals surface area contributed by atoms with E-state index < -0.39 is 11.7 Å². The lowest BCUT2D eigenvalue weighted by Gasteiger charge is -2.39. The lowest BCUT2D eigenvalue weighted by atomic mass is 9.69. The normalized spacial score (nSPS) is 21.1. The van der Waals surface area contributed by atoms with E-state index in [1.807, 2.05) is 0 Å². The minimum absolute atomic E-state index is 0.0119. The zero-order chi connectivity index (χ0) is 14.1. The number of benzene rings is 1. The molecule has 1 saturated carbocycles. The van der Waals surface area contributed by atoms with Crippen molar-refractivity contribution in [1.29, 1.82) is 0 Å². The second kappa shape index (κ2) is 5.16. The van der Waals surface area contributed by atoms with E-state index in [1.54, 1.807) is 0 Å². The van der Waals surface area contributed by atoms with Crippen LogP contribution in [0.5, 0.6) is 0 Å². The third-order valence-corrected chi connectivity index (χ3v) is 4.34. The van der Waals surface area contributed by atoms with Crippen molar-refractivity contribution in [2.45, 2.75) is 51.2 Å². The maximum atomic E-state index is 12.5. The predicted molar refractivity (Wildman–Crippen MR) is 69.6 cm³/mol. The molecule has 1 fully saturated rings. The molecule has 1 aromatic carbocycles. The van der Waals surface area contributed by atoms with E-state index in [0.29, 0.717) is 0 Å². The van der Waals surface area contributed by atoms with Gasteiger partial charge in [0.1, 0.15) is 0 Å². The Morgan fingerprint density at radius 1 is 1.05 bits per heavy atom. The van der Waals surface area contributed by atoms with Gasteiger partial charge in [-0.1, -0.05) is 38.3 Å². The molecule has 0 bridgehead atoms. The minimum Gasteiger partial charge on any atom is -0.323 e. The van der Waals surface area contributed by atoms with E-state index in [2.05, 4.69) is 6.92 Å². The van der Waals surface area contributed by atoms with Gasteiger partial charge in [0.05, 0.1) is 5.56 Å². The maximum Gasteiger partial charge on any atom is 0.416 e. The minimum atomic E-state index is -4.28. The van der Waals surface area contributed by atoms with Crippen molar-refractivity contribution in [3.63, 3.8) is 0 Å². The summed E-state index contributed by atoms with van der Waals surface area (Å²) in [5, 5.41) is 0. The Kier molecular flexibility index (Phi) is 3.90. The van der Waals surface area contributed by atoms with E-state index in [1.165, 1.54) is 18.6 Å². The first-order valence-electron chi connectivity index (χ1n) is 6.76. The van der Waals surface area contributed by atoms with Crippen LogP contribution in [0.1, 0.15) is 56.2 Å². The van der Waals surface area contributed by atoms with Gasteiger partial charge in [0.25, 0.3) is 0 Å². The van der Waals surface area contributed by atoms with Gasteiger partial charge < -0.3 is 5.73 Å². The zero-order valence-corrected chi connectivity index (χ0v) is 11.1.